The molecule has 1 amide bonds. The Balaban J connectivity index is 2.18. The van der Waals surface area contributed by atoms with Crippen molar-refractivity contribution in [3.05, 3.63) is 47.2 Å². The summed E-state index contributed by atoms with van der Waals surface area (Å²) in [5.74, 6) is -1.40. The number of allylic oxidation sites excluding steroid dienone is 1. The maximum absolute atomic E-state index is 11.1. The highest BCUT2D eigenvalue weighted by molar-refractivity contribution is 6.41. The van der Waals surface area contributed by atoms with E-state index in [1.807, 2.05) is 31.2 Å². The highest BCUT2D eigenvalue weighted by Gasteiger charge is 2.16. The van der Waals surface area contributed by atoms with Gasteiger partial charge in [-0.2, -0.15) is 5.11 Å². The second-order valence-corrected chi connectivity index (χ2v) is 3.67. The summed E-state index contributed by atoms with van der Waals surface area (Å²) in [6, 6.07) is 7.90. The Labute approximate surface area is 92.7 Å². The number of carbonyl (C=O) groups excluding carboxylic acids is 2. The fourth-order valence-corrected chi connectivity index (χ4v) is 1.52. The van der Waals surface area contributed by atoms with Crippen molar-refractivity contribution in [3.8, 4) is 0 Å². The van der Waals surface area contributed by atoms with E-state index in [1.54, 1.807) is 0 Å². The van der Waals surface area contributed by atoms with Crippen LogP contribution in [-0.2, 0) is 16.0 Å². The molecule has 0 fully saturated rings. The van der Waals surface area contributed by atoms with Crippen LogP contribution < -0.4 is 0 Å². The molecule has 1 aliphatic rings. The second-order valence-electron chi connectivity index (χ2n) is 3.67. The zero-order chi connectivity index (χ0) is 11.5. The molecular weight excluding hydrogens is 204 g/mol. The van der Waals surface area contributed by atoms with Crippen LogP contribution in [0.5, 0.6) is 0 Å². The van der Waals surface area contributed by atoms with Crippen LogP contribution in [0.1, 0.15) is 11.1 Å². The molecule has 1 aromatic rings. The molecule has 1 aliphatic heterocycles. The van der Waals surface area contributed by atoms with Gasteiger partial charge in [-0.25, -0.2) is 0 Å². The molecule has 0 atom stereocenters. The van der Waals surface area contributed by atoms with Crippen LogP contribution in [0.15, 0.2) is 46.3 Å². The highest BCUT2D eigenvalue weighted by Crippen LogP contribution is 2.14. The lowest BCUT2D eigenvalue weighted by Crippen LogP contribution is -2.11. The van der Waals surface area contributed by atoms with Crippen LogP contribution in [-0.4, -0.2) is 11.7 Å². The zero-order valence-electron chi connectivity index (χ0n) is 8.80. The van der Waals surface area contributed by atoms with E-state index in [4.69, 9.17) is 0 Å². The number of hydrogen-bond donors (Lipinski definition) is 0. The second kappa shape index (κ2) is 4.18. The fraction of sp³-hybridized carbons (Fsp3) is 0.167. The van der Waals surface area contributed by atoms with Gasteiger partial charge >= 0.3 is 5.91 Å². The van der Waals surface area contributed by atoms with Crippen LogP contribution >= 0.6 is 0 Å². The molecule has 1 aromatic carbocycles. The number of aryl methyl sites for hydroxylation is 1. The van der Waals surface area contributed by atoms with Gasteiger partial charge in [0.25, 0.3) is 0 Å². The third-order valence-electron chi connectivity index (χ3n) is 2.25. The Morgan fingerprint density at radius 1 is 1.19 bits per heavy atom. The van der Waals surface area contributed by atoms with Gasteiger partial charge in [0.05, 0.1) is 5.70 Å². The van der Waals surface area contributed by atoms with Crippen molar-refractivity contribution in [3.63, 3.8) is 0 Å². The van der Waals surface area contributed by atoms with E-state index in [1.165, 1.54) is 6.08 Å². The van der Waals surface area contributed by atoms with Gasteiger partial charge in [-0.3, -0.25) is 9.59 Å². The molecule has 16 heavy (non-hydrogen) atoms. The topological polar surface area (TPSA) is 58.9 Å². The monoisotopic (exact) mass is 214 g/mol. The number of ketones is 1. The van der Waals surface area contributed by atoms with Crippen molar-refractivity contribution in [1.29, 1.82) is 0 Å². The first kappa shape index (κ1) is 10.4. The Morgan fingerprint density at radius 2 is 2.00 bits per heavy atom. The number of carbonyl (C=O) groups is 2. The number of azo groups is 1. The van der Waals surface area contributed by atoms with Crippen molar-refractivity contribution in [2.45, 2.75) is 13.3 Å². The molecule has 0 aliphatic carbocycles. The van der Waals surface area contributed by atoms with Crippen molar-refractivity contribution in [2.75, 3.05) is 0 Å². The minimum atomic E-state index is -0.798. The Bertz CT molecular complexity index is 516. The molecule has 4 nitrogen and oxygen atoms in total. The average molecular weight is 214 g/mol. The van der Waals surface area contributed by atoms with E-state index in [-0.39, 0.29) is 0 Å². The lowest BCUT2D eigenvalue weighted by Gasteiger charge is -2.04. The van der Waals surface area contributed by atoms with Gasteiger partial charge in [-0.1, -0.05) is 29.8 Å². The normalized spacial score (nSPS) is 15.2. The quantitative estimate of drug-likeness (QED) is 0.707. The van der Waals surface area contributed by atoms with Gasteiger partial charge in [0, 0.05) is 12.5 Å². The summed E-state index contributed by atoms with van der Waals surface area (Å²) in [5.41, 5.74) is 2.72. The SMILES string of the molecule is Cc1cccc(CC2=CC(=O)C(=O)N=N2)c1. The Kier molecular flexibility index (Phi) is 2.72. The lowest BCUT2D eigenvalue weighted by molar-refractivity contribution is -0.133. The summed E-state index contributed by atoms with van der Waals surface area (Å²) in [7, 11) is 0. The van der Waals surface area contributed by atoms with Crippen LogP contribution in [0.25, 0.3) is 0 Å². The Hall–Kier alpha value is -2.10. The van der Waals surface area contributed by atoms with Crippen LogP contribution in [0.4, 0.5) is 0 Å². The van der Waals surface area contributed by atoms with Crippen molar-refractivity contribution in [1.82, 2.24) is 0 Å². The number of nitrogens with zero attached hydrogens (tertiary/aromatic N) is 2. The molecule has 2 rings (SSSR count). The summed E-state index contributed by atoms with van der Waals surface area (Å²) in [6.45, 7) is 1.99. The van der Waals surface area contributed by atoms with Crippen molar-refractivity contribution >= 4 is 11.7 Å². The van der Waals surface area contributed by atoms with Gasteiger partial charge in [-0.05, 0) is 12.5 Å². The minimum absolute atomic E-state index is 0.518. The fourth-order valence-electron chi connectivity index (χ4n) is 1.52. The van der Waals surface area contributed by atoms with E-state index in [0.29, 0.717) is 12.1 Å². The molecular formula is C12H10N2O2. The number of benzene rings is 1. The van der Waals surface area contributed by atoms with Gasteiger partial charge in [0.2, 0.25) is 5.78 Å². The predicted octanol–water partition coefficient (Wildman–Crippen LogP) is 1.98. The van der Waals surface area contributed by atoms with E-state index in [0.717, 1.165) is 11.1 Å². The van der Waals surface area contributed by atoms with Gasteiger partial charge in [0.1, 0.15) is 0 Å². The van der Waals surface area contributed by atoms with Crippen LogP contribution in [0.3, 0.4) is 0 Å². The predicted molar refractivity (Wildman–Crippen MR) is 57.8 cm³/mol. The van der Waals surface area contributed by atoms with Crippen LogP contribution in [0.2, 0.25) is 0 Å². The Morgan fingerprint density at radius 3 is 2.69 bits per heavy atom. The summed E-state index contributed by atoms with van der Waals surface area (Å²) in [6.07, 6.45) is 1.77. The standard InChI is InChI=1S/C12H10N2O2/c1-8-3-2-4-9(5-8)6-10-7-11(15)12(16)14-13-10/h2-5,7H,6H2,1H3. The van der Waals surface area contributed by atoms with Gasteiger partial charge in [0.15, 0.2) is 0 Å². The number of rotatable bonds is 2. The highest BCUT2D eigenvalue weighted by atomic mass is 16.2. The first-order valence-electron chi connectivity index (χ1n) is 4.91. The third-order valence-corrected chi connectivity index (χ3v) is 2.25. The molecule has 4 heteroatoms. The molecule has 0 spiro atoms. The number of hydrogen-bond acceptors (Lipinski definition) is 3. The van der Waals surface area contributed by atoms with E-state index in [9.17, 15) is 9.59 Å². The molecule has 0 saturated carbocycles. The smallest absolute Gasteiger partial charge is 0.284 e. The van der Waals surface area contributed by atoms with E-state index < -0.39 is 11.7 Å². The molecule has 80 valence electrons. The molecule has 0 aromatic heterocycles. The molecule has 0 unspecified atom stereocenters. The van der Waals surface area contributed by atoms with Gasteiger partial charge in [-0.15, -0.1) is 5.11 Å². The molecule has 0 saturated heterocycles. The first-order valence-corrected chi connectivity index (χ1v) is 4.91. The van der Waals surface area contributed by atoms with E-state index in [2.05, 4.69) is 10.2 Å². The summed E-state index contributed by atoms with van der Waals surface area (Å²) in [4.78, 5) is 21.9. The van der Waals surface area contributed by atoms with Gasteiger partial charge < -0.3 is 0 Å². The number of amides is 1. The maximum Gasteiger partial charge on any atom is 0.335 e. The molecule has 0 N–H and O–H groups in total. The third kappa shape index (κ3) is 2.28. The van der Waals surface area contributed by atoms with E-state index >= 15 is 0 Å². The summed E-state index contributed by atoms with van der Waals surface area (Å²) < 4.78 is 0. The molecule has 0 bridgehead atoms. The minimum Gasteiger partial charge on any atom is -0.284 e. The molecule has 0 radical (unpaired) electrons. The van der Waals surface area contributed by atoms with Crippen molar-refractivity contribution in [2.24, 2.45) is 10.2 Å². The summed E-state index contributed by atoms with van der Waals surface area (Å²) >= 11 is 0. The van der Waals surface area contributed by atoms with Crippen LogP contribution in [0, 0.1) is 6.92 Å². The average Bonchev–Trinajstić information content (AvgIpc) is 2.24. The lowest BCUT2D eigenvalue weighted by atomic mass is 10.1. The largest absolute Gasteiger partial charge is 0.335 e. The zero-order valence-corrected chi connectivity index (χ0v) is 8.80. The molecule has 1 heterocycles. The first-order chi connectivity index (χ1) is 7.65. The van der Waals surface area contributed by atoms with Crippen molar-refractivity contribution < 1.29 is 9.59 Å². The maximum atomic E-state index is 11.1. The summed E-state index contributed by atoms with van der Waals surface area (Å²) in [5, 5.41) is 6.98.